The van der Waals surface area contributed by atoms with E-state index >= 15 is 0 Å². The fourth-order valence-electron chi connectivity index (χ4n) is 2.81. The van der Waals surface area contributed by atoms with Crippen molar-refractivity contribution < 1.29 is 24.1 Å². The summed E-state index contributed by atoms with van der Waals surface area (Å²) >= 11 is 0. The quantitative estimate of drug-likeness (QED) is 0.940. The zero-order chi connectivity index (χ0) is 16.6. The first-order valence-corrected chi connectivity index (χ1v) is 7.29. The van der Waals surface area contributed by atoms with Crippen LogP contribution in [0.4, 0.5) is 0 Å². The van der Waals surface area contributed by atoms with Gasteiger partial charge >= 0.3 is 0 Å². The van der Waals surface area contributed by atoms with Crippen LogP contribution in [0, 0.1) is 6.92 Å². The smallest absolute Gasteiger partial charge is 0.174 e. The maximum absolute atomic E-state index is 12.5. The van der Waals surface area contributed by atoms with Crippen LogP contribution in [-0.4, -0.2) is 25.1 Å². The van der Waals surface area contributed by atoms with Crippen LogP contribution < -0.4 is 14.2 Å². The molecule has 1 atom stereocenters. The lowest BCUT2D eigenvalue weighted by Gasteiger charge is -2.28. The average Bonchev–Trinajstić information content (AvgIpc) is 2.57. The van der Waals surface area contributed by atoms with E-state index < -0.39 is 6.10 Å². The topological polar surface area (TPSA) is 65.0 Å². The Balaban J connectivity index is 2.02. The summed E-state index contributed by atoms with van der Waals surface area (Å²) in [6.45, 7) is 1.81. The van der Waals surface area contributed by atoms with E-state index in [1.807, 2.05) is 24.3 Å². The minimum atomic E-state index is -0.397. The molecule has 0 amide bonds. The van der Waals surface area contributed by atoms with Crippen molar-refractivity contribution in [2.24, 2.45) is 0 Å². The Kier molecular flexibility index (Phi) is 3.86. The molecular formula is C18H18O5. The molecule has 5 nitrogen and oxygen atoms in total. The number of methoxy groups -OCH3 is 2. The average molecular weight is 314 g/mol. The molecule has 2 aromatic carbocycles. The summed E-state index contributed by atoms with van der Waals surface area (Å²) in [7, 11) is 3.12. The molecule has 0 fully saturated rings. The summed E-state index contributed by atoms with van der Waals surface area (Å²) in [5.74, 6) is 1.37. The number of carbonyl (C=O) groups excluding carboxylic acids is 1. The second-order valence-electron chi connectivity index (χ2n) is 5.43. The maximum Gasteiger partial charge on any atom is 0.174 e. The fraction of sp³-hybridized carbons (Fsp3) is 0.278. The Morgan fingerprint density at radius 2 is 1.87 bits per heavy atom. The van der Waals surface area contributed by atoms with Crippen molar-refractivity contribution in [2.75, 3.05) is 14.2 Å². The van der Waals surface area contributed by atoms with Crippen LogP contribution >= 0.6 is 0 Å². The molecule has 0 aliphatic carbocycles. The van der Waals surface area contributed by atoms with Crippen molar-refractivity contribution in [3.8, 4) is 23.0 Å². The first kappa shape index (κ1) is 15.2. The van der Waals surface area contributed by atoms with Crippen molar-refractivity contribution in [1.29, 1.82) is 0 Å². The number of ketones is 1. The molecule has 1 heterocycles. The van der Waals surface area contributed by atoms with Gasteiger partial charge in [-0.25, -0.2) is 0 Å². The second kappa shape index (κ2) is 5.83. The van der Waals surface area contributed by atoms with Crippen LogP contribution in [0.2, 0.25) is 0 Å². The highest BCUT2D eigenvalue weighted by Gasteiger charge is 2.32. The van der Waals surface area contributed by atoms with Gasteiger partial charge < -0.3 is 19.3 Å². The number of ether oxygens (including phenoxy) is 3. The molecule has 120 valence electrons. The monoisotopic (exact) mass is 314 g/mol. The molecule has 1 unspecified atom stereocenters. The third-order valence-electron chi connectivity index (χ3n) is 4.08. The van der Waals surface area contributed by atoms with E-state index in [4.69, 9.17) is 14.2 Å². The Morgan fingerprint density at radius 1 is 1.17 bits per heavy atom. The van der Waals surface area contributed by atoms with Crippen LogP contribution in [0.1, 0.15) is 34.0 Å². The van der Waals surface area contributed by atoms with Gasteiger partial charge in [0, 0.05) is 11.6 Å². The van der Waals surface area contributed by atoms with E-state index in [2.05, 4.69) is 0 Å². The predicted molar refractivity (Wildman–Crippen MR) is 84.7 cm³/mol. The van der Waals surface area contributed by atoms with Crippen molar-refractivity contribution in [3.63, 3.8) is 0 Å². The number of hydrogen-bond acceptors (Lipinski definition) is 5. The van der Waals surface area contributed by atoms with Crippen LogP contribution in [0.5, 0.6) is 23.0 Å². The molecule has 0 aromatic heterocycles. The van der Waals surface area contributed by atoms with Crippen LogP contribution in [-0.2, 0) is 0 Å². The lowest BCUT2D eigenvalue weighted by atomic mass is 9.93. The molecular weight excluding hydrogens is 296 g/mol. The summed E-state index contributed by atoms with van der Waals surface area (Å²) in [6.07, 6.45) is -0.218. The van der Waals surface area contributed by atoms with Crippen molar-refractivity contribution in [3.05, 3.63) is 47.0 Å². The number of hydrogen-bond donors (Lipinski definition) is 1. The van der Waals surface area contributed by atoms with E-state index in [0.717, 1.165) is 11.3 Å². The molecule has 0 spiro atoms. The normalized spacial score (nSPS) is 16.5. The molecule has 1 aliphatic heterocycles. The van der Waals surface area contributed by atoms with E-state index in [1.165, 1.54) is 13.2 Å². The molecule has 23 heavy (non-hydrogen) atoms. The van der Waals surface area contributed by atoms with E-state index in [9.17, 15) is 9.90 Å². The van der Waals surface area contributed by atoms with Crippen LogP contribution in [0.15, 0.2) is 30.3 Å². The molecule has 0 saturated heterocycles. The summed E-state index contributed by atoms with van der Waals surface area (Å²) < 4.78 is 16.4. The highest BCUT2D eigenvalue weighted by atomic mass is 16.5. The van der Waals surface area contributed by atoms with Gasteiger partial charge in [0.1, 0.15) is 34.7 Å². The summed E-state index contributed by atoms with van der Waals surface area (Å²) in [5.41, 5.74) is 1.81. The van der Waals surface area contributed by atoms with Gasteiger partial charge in [0.2, 0.25) is 0 Å². The van der Waals surface area contributed by atoms with E-state index in [0.29, 0.717) is 17.1 Å². The number of phenols is 1. The Bertz CT molecular complexity index is 749. The zero-order valence-electron chi connectivity index (χ0n) is 13.3. The Morgan fingerprint density at radius 3 is 2.48 bits per heavy atom. The fourth-order valence-corrected chi connectivity index (χ4v) is 2.81. The highest BCUT2D eigenvalue weighted by Crippen LogP contribution is 2.45. The predicted octanol–water partition coefficient (Wildman–Crippen LogP) is 3.42. The molecule has 0 saturated carbocycles. The highest BCUT2D eigenvalue weighted by molar-refractivity contribution is 6.03. The van der Waals surface area contributed by atoms with Crippen molar-refractivity contribution in [2.45, 2.75) is 19.4 Å². The molecule has 0 radical (unpaired) electrons. The van der Waals surface area contributed by atoms with Crippen molar-refractivity contribution in [1.82, 2.24) is 0 Å². The van der Waals surface area contributed by atoms with Gasteiger partial charge in [-0.1, -0.05) is 12.1 Å². The van der Waals surface area contributed by atoms with Gasteiger partial charge in [-0.05, 0) is 24.6 Å². The first-order valence-electron chi connectivity index (χ1n) is 7.29. The SMILES string of the molecule is COc1ccc(C2CC(=O)c3c(O)cc(OC)c(C)c3O2)cc1. The zero-order valence-corrected chi connectivity index (χ0v) is 13.3. The molecule has 1 N–H and O–H groups in total. The Hall–Kier alpha value is -2.69. The van der Waals surface area contributed by atoms with Gasteiger partial charge in [-0.15, -0.1) is 0 Å². The van der Waals surface area contributed by atoms with Crippen molar-refractivity contribution >= 4 is 5.78 Å². The lowest BCUT2D eigenvalue weighted by Crippen LogP contribution is -2.21. The molecule has 0 bridgehead atoms. The number of Topliss-reactive ketones (excluding diaryl/α,β-unsaturated/α-hetero) is 1. The van der Waals surface area contributed by atoms with Gasteiger partial charge in [-0.3, -0.25) is 4.79 Å². The lowest BCUT2D eigenvalue weighted by molar-refractivity contribution is 0.0842. The molecule has 1 aliphatic rings. The van der Waals surface area contributed by atoms with Gasteiger partial charge in [-0.2, -0.15) is 0 Å². The summed E-state index contributed by atoms with van der Waals surface area (Å²) in [5, 5.41) is 10.1. The van der Waals surface area contributed by atoms with Gasteiger partial charge in [0.25, 0.3) is 0 Å². The number of fused-ring (bicyclic) bond motifs is 1. The van der Waals surface area contributed by atoms with E-state index in [1.54, 1.807) is 14.0 Å². The largest absolute Gasteiger partial charge is 0.507 e. The molecule has 5 heteroatoms. The van der Waals surface area contributed by atoms with Crippen LogP contribution in [0.3, 0.4) is 0 Å². The number of rotatable bonds is 3. The number of benzene rings is 2. The number of phenolic OH excluding ortho intramolecular Hbond substituents is 1. The first-order chi connectivity index (χ1) is 11.0. The third kappa shape index (κ3) is 2.59. The number of carbonyl (C=O) groups is 1. The number of aromatic hydroxyl groups is 1. The van der Waals surface area contributed by atoms with Gasteiger partial charge in [0.05, 0.1) is 20.6 Å². The summed E-state index contributed by atoms with van der Waals surface area (Å²) in [4.78, 5) is 12.5. The maximum atomic E-state index is 12.5. The van der Waals surface area contributed by atoms with Crippen LogP contribution in [0.25, 0.3) is 0 Å². The molecule has 2 aromatic rings. The summed E-state index contributed by atoms with van der Waals surface area (Å²) in [6, 6.07) is 8.85. The minimum absolute atomic E-state index is 0.111. The minimum Gasteiger partial charge on any atom is -0.507 e. The molecule has 3 rings (SSSR count). The Labute approximate surface area is 134 Å². The standard InChI is InChI=1S/C18H18O5/c1-10-15(22-3)8-13(19)17-14(20)9-16(23-18(10)17)11-4-6-12(21-2)7-5-11/h4-8,16,19H,9H2,1-3H3. The second-order valence-corrected chi connectivity index (χ2v) is 5.43. The van der Waals surface area contributed by atoms with E-state index in [-0.39, 0.29) is 23.5 Å². The third-order valence-corrected chi connectivity index (χ3v) is 4.08. The van der Waals surface area contributed by atoms with Gasteiger partial charge in [0.15, 0.2) is 5.78 Å².